The molecule has 2 saturated heterocycles. The van der Waals surface area contributed by atoms with Gasteiger partial charge < -0.3 is 9.64 Å². The standard InChI is InChI=1S/C31H26N2O4S/c1-19-8-6-11-22(18-19)32-30(35)28-25(20-13-15-23(37-2)16-14-20)26(29(34)21-9-4-3-5-10-21)27(33(28)31(32)36)24-12-7-17-38-24/h3-18,25-28H,1-2H3. The molecule has 0 spiro atoms. The number of ketones is 1. The highest BCUT2D eigenvalue weighted by molar-refractivity contribution is 7.10. The molecular weight excluding hydrogens is 496 g/mol. The zero-order valence-electron chi connectivity index (χ0n) is 21.0. The van der Waals surface area contributed by atoms with Gasteiger partial charge in [0.05, 0.1) is 24.8 Å². The number of Topliss-reactive ketones (excluding diaryl/α,β-unsaturated/α-hetero) is 1. The van der Waals surface area contributed by atoms with E-state index in [0.29, 0.717) is 17.0 Å². The molecule has 4 unspecified atom stereocenters. The first-order valence-corrected chi connectivity index (χ1v) is 13.4. The first kappa shape index (κ1) is 24.1. The van der Waals surface area contributed by atoms with Crippen LogP contribution in [-0.2, 0) is 4.79 Å². The fourth-order valence-electron chi connectivity index (χ4n) is 5.86. The molecule has 0 N–H and O–H groups in total. The summed E-state index contributed by atoms with van der Waals surface area (Å²) < 4.78 is 5.36. The summed E-state index contributed by atoms with van der Waals surface area (Å²) in [5.74, 6) is -0.887. The number of carbonyl (C=O) groups is 3. The summed E-state index contributed by atoms with van der Waals surface area (Å²) in [6.07, 6.45) is 0. The zero-order valence-corrected chi connectivity index (χ0v) is 21.8. The smallest absolute Gasteiger partial charge is 0.332 e. The summed E-state index contributed by atoms with van der Waals surface area (Å²) in [6.45, 7) is 1.93. The summed E-state index contributed by atoms with van der Waals surface area (Å²) in [5, 5.41) is 1.94. The summed E-state index contributed by atoms with van der Waals surface area (Å²) in [7, 11) is 1.60. The Labute approximate surface area is 225 Å². The summed E-state index contributed by atoms with van der Waals surface area (Å²) >= 11 is 1.50. The minimum absolute atomic E-state index is 0.0816. The summed E-state index contributed by atoms with van der Waals surface area (Å²) in [6, 6.07) is 26.1. The maximum absolute atomic E-state index is 14.2. The number of hydrogen-bond acceptors (Lipinski definition) is 5. The number of urea groups is 1. The second kappa shape index (κ2) is 9.58. The van der Waals surface area contributed by atoms with E-state index in [9.17, 15) is 14.4 Å². The van der Waals surface area contributed by atoms with Crippen LogP contribution in [0.3, 0.4) is 0 Å². The van der Waals surface area contributed by atoms with Gasteiger partial charge in [-0.15, -0.1) is 11.3 Å². The molecule has 6 nitrogen and oxygen atoms in total. The molecule has 3 heterocycles. The van der Waals surface area contributed by atoms with E-state index in [2.05, 4.69) is 0 Å². The highest BCUT2D eigenvalue weighted by Crippen LogP contribution is 2.55. The van der Waals surface area contributed by atoms with Gasteiger partial charge in [-0.2, -0.15) is 0 Å². The number of ether oxygens (including phenoxy) is 1. The molecule has 4 atom stereocenters. The summed E-state index contributed by atoms with van der Waals surface area (Å²) in [5.41, 5.74) is 2.88. The molecule has 2 aliphatic heterocycles. The van der Waals surface area contributed by atoms with Crippen molar-refractivity contribution in [2.45, 2.75) is 24.9 Å². The Kier molecular flexibility index (Phi) is 6.08. The van der Waals surface area contributed by atoms with Crippen LogP contribution in [0.4, 0.5) is 10.5 Å². The van der Waals surface area contributed by atoms with Crippen LogP contribution in [0, 0.1) is 12.8 Å². The van der Waals surface area contributed by atoms with Crippen molar-refractivity contribution in [1.29, 1.82) is 0 Å². The highest BCUT2D eigenvalue weighted by Gasteiger charge is 2.63. The van der Waals surface area contributed by atoms with Crippen molar-refractivity contribution in [3.63, 3.8) is 0 Å². The van der Waals surface area contributed by atoms with Crippen molar-refractivity contribution >= 4 is 34.7 Å². The molecule has 0 aliphatic carbocycles. The van der Waals surface area contributed by atoms with Crippen molar-refractivity contribution in [3.8, 4) is 5.75 Å². The largest absolute Gasteiger partial charge is 0.497 e. The van der Waals surface area contributed by atoms with E-state index in [1.807, 2.05) is 85.1 Å². The molecular formula is C31H26N2O4S. The van der Waals surface area contributed by atoms with Crippen LogP contribution in [0.1, 0.15) is 38.3 Å². The number of fused-ring (bicyclic) bond motifs is 1. The maximum Gasteiger partial charge on any atom is 0.332 e. The van der Waals surface area contributed by atoms with Gasteiger partial charge in [0.1, 0.15) is 11.8 Å². The number of aryl methyl sites for hydroxylation is 1. The van der Waals surface area contributed by atoms with Crippen molar-refractivity contribution < 1.29 is 19.1 Å². The van der Waals surface area contributed by atoms with Gasteiger partial charge >= 0.3 is 6.03 Å². The monoisotopic (exact) mass is 522 g/mol. The number of rotatable bonds is 6. The molecule has 6 rings (SSSR count). The molecule has 2 aliphatic rings. The normalized spacial score (nSPS) is 22.6. The molecule has 3 amide bonds. The molecule has 0 saturated carbocycles. The highest BCUT2D eigenvalue weighted by atomic mass is 32.1. The predicted octanol–water partition coefficient (Wildman–Crippen LogP) is 6.24. The van der Waals surface area contributed by atoms with Crippen LogP contribution in [0.25, 0.3) is 0 Å². The lowest BCUT2D eigenvalue weighted by atomic mass is 9.77. The minimum Gasteiger partial charge on any atom is -0.497 e. The molecule has 0 bridgehead atoms. The Bertz CT molecular complexity index is 1500. The lowest BCUT2D eigenvalue weighted by Crippen LogP contribution is -2.38. The SMILES string of the molecule is COc1ccc(C2C(C(=O)c3ccccc3)C(c3cccs3)N3C(=O)N(c4cccc(C)c4)C(=O)C23)cc1. The van der Waals surface area contributed by atoms with Gasteiger partial charge in [-0.05, 0) is 53.8 Å². The first-order valence-electron chi connectivity index (χ1n) is 12.5. The molecule has 1 aromatic heterocycles. The number of thiophene rings is 1. The number of nitrogens with zero attached hydrogens (tertiary/aromatic N) is 2. The average molecular weight is 523 g/mol. The van der Waals surface area contributed by atoms with E-state index in [1.165, 1.54) is 16.2 Å². The van der Waals surface area contributed by atoms with Crippen LogP contribution >= 0.6 is 11.3 Å². The summed E-state index contributed by atoms with van der Waals surface area (Å²) in [4.78, 5) is 46.3. The maximum atomic E-state index is 14.2. The van der Waals surface area contributed by atoms with Gasteiger partial charge in [-0.3, -0.25) is 9.59 Å². The topological polar surface area (TPSA) is 66.9 Å². The molecule has 7 heteroatoms. The van der Waals surface area contributed by atoms with Crippen molar-refractivity contribution in [2.75, 3.05) is 12.0 Å². The van der Waals surface area contributed by atoms with E-state index in [1.54, 1.807) is 30.2 Å². The average Bonchev–Trinajstić information content (AvgIpc) is 3.65. The zero-order chi connectivity index (χ0) is 26.4. The van der Waals surface area contributed by atoms with Crippen LogP contribution in [0.15, 0.2) is 96.4 Å². The number of carbonyl (C=O) groups excluding carboxylic acids is 3. The number of anilines is 1. The second-order valence-corrected chi connectivity index (χ2v) is 10.6. The Morgan fingerprint density at radius 2 is 1.63 bits per heavy atom. The predicted molar refractivity (Wildman–Crippen MR) is 147 cm³/mol. The van der Waals surface area contributed by atoms with Gasteiger partial charge in [0.2, 0.25) is 0 Å². The molecule has 4 aromatic rings. The van der Waals surface area contributed by atoms with Gasteiger partial charge in [0.25, 0.3) is 5.91 Å². The number of hydrogen-bond donors (Lipinski definition) is 0. The molecule has 190 valence electrons. The molecule has 2 fully saturated rings. The van der Waals surface area contributed by atoms with Gasteiger partial charge in [0.15, 0.2) is 5.78 Å². The number of benzene rings is 3. The van der Waals surface area contributed by atoms with Crippen molar-refractivity contribution in [1.82, 2.24) is 4.90 Å². The van der Waals surface area contributed by atoms with Crippen LogP contribution in [0.5, 0.6) is 5.75 Å². The van der Waals surface area contributed by atoms with Crippen LogP contribution < -0.4 is 9.64 Å². The van der Waals surface area contributed by atoms with Crippen LogP contribution in [0.2, 0.25) is 0 Å². The third kappa shape index (κ3) is 3.82. The molecule has 3 aromatic carbocycles. The second-order valence-electron chi connectivity index (χ2n) is 9.66. The third-order valence-corrected chi connectivity index (χ3v) is 8.45. The van der Waals surface area contributed by atoms with E-state index >= 15 is 0 Å². The van der Waals surface area contributed by atoms with E-state index in [4.69, 9.17) is 4.74 Å². The third-order valence-electron chi connectivity index (χ3n) is 7.51. The fraction of sp³-hybridized carbons (Fsp3) is 0.194. The number of amides is 3. The molecule has 38 heavy (non-hydrogen) atoms. The van der Waals surface area contributed by atoms with Gasteiger partial charge in [-0.25, -0.2) is 9.69 Å². The Balaban J connectivity index is 1.54. The lowest BCUT2D eigenvalue weighted by molar-refractivity contribution is -0.119. The van der Waals surface area contributed by atoms with E-state index in [0.717, 1.165) is 16.0 Å². The van der Waals surface area contributed by atoms with Gasteiger partial charge in [-0.1, -0.05) is 60.7 Å². The number of methoxy groups -OCH3 is 1. The first-order chi connectivity index (χ1) is 18.5. The Morgan fingerprint density at radius 3 is 2.29 bits per heavy atom. The minimum atomic E-state index is -0.818. The van der Waals surface area contributed by atoms with Crippen molar-refractivity contribution in [2.24, 2.45) is 5.92 Å². The Morgan fingerprint density at radius 1 is 0.868 bits per heavy atom. The fourth-order valence-corrected chi connectivity index (χ4v) is 6.73. The van der Waals surface area contributed by atoms with E-state index < -0.39 is 30.0 Å². The number of imide groups is 1. The Hall–Kier alpha value is -4.23. The quantitative estimate of drug-likeness (QED) is 0.222. The van der Waals surface area contributed by atoms with E-state index in [-0.39, 0.29) is 11.7 Å². The van der Waals surface area contributed by atoms with Gasteiger partial charge in [0, 0.05) is 16.4 Å². The lowest BCUT2D eigenvalue weighted by Gasteiger charge is -2.28. The molecule has 0 radical (unpaired) electrons. The van der Waals surface area contributed by atoms with Crippen LogP contribution in [-0.4, -0.2) is 35.8 Å². The van der Waals surface area contributed by atoms with Crippen molar-refractivity contribution in [3.05, 3.63) is 118 Å².